The first-order chi connectivity index (χ1) is 12.7. The molecule has 6 heteroatoms. The molecule has 2 heterocycles. The number of benzene rings is 1. The lowest BCUT2D eigenvalue weighted by molar-refractivity contribution is -0.130. The van der Waals surface area contributed by atoms with Crippen LogP contribution >= 0.6 is 0 Å². The maximum atomic E-state index is 12.6. The molecular weight excluding hydrogens is 328 g/mol. The normalized spacial score (nSPS) is 21.6. The number of fused-ring (bicyclic) bond motifs is 1. The minimum atomic E-state index is -0.163. The number of likely N-dealkylation sites (tertiary alicyclic amines) is 1. The lowest BCUT2D eigenvalue weighted by Gasteiger charge is -2.18. The van der Waals surface area contributed by atoms with Gasteiger partial charge in [-0.25, -0.2) is 4.98 Å². The van der Waals surface area contributed by atoms with Gasteiger partial charge in [-0.2, -0.15) is 0 Å². The van der Waals surface area contributed by atoms with E-state index in [1.807, 2.05) is 4.90 Å². The number of rotatable bonds is 5. The standard InChI is InChI=1S/C20H24N4O2/c25-19(8-7-15-6-5-14-3-1-2-4-17(14)15)24-10-9-16(12-24)23-20(26)18-11-21-13-22-18/h1-4,11,13,15-16H,5-10,12H2,(H,21,22)(H,23,26)/t15?,16-/m1/s1. The summed E-state index contributed by atoms with van der Waals surface area (Å²) in [5, 5.41) is 2.97. The zero-order valence-corrected chi connectivity index (χ0v) is 14.8. The quantitative estimate of drug-likeness (QED) is 0.866. The number of hydrogen-bond acceptors (Lipinski definition) is 3. The second-order valence-electron chi connectivity index (χ2n) is 7.24. The van der Waals surface area contributed by atoms with Crippen molar-refractivity contribution in [2.45, 2.75) is 44.1 Å². The molecule has 6 nitrogen and oxygen atoms in total. The molecule has 1 fully saturated rings. The summed E-state index contributed by atoms with van der Waals surface area (Å²) in [6, 6.07) is 8.60. The molecule has 1 unspecified atom stereocenters. The Morgan fingerprint density at radius 3 is 3.00 bits per heavy atom. The van der Waals surface area contributed by atoms with Crippen molar-refractivity contribution in [3.05, 3.63) is 53.6 Å². The Balaban J connectivity index is 1.25. The van der Waals surface area contributed by atoms with Crippen LogP contribution in [0.15, 0.2) is 36.8 Å². The van der Waals surface area contributed by atoms with Crippen molar-refractivity contribution in [1.29, 1.82) is 0 Å². The van der Waals surface area contributed by atoms with Gasteiger partial charge in [0.1, 0.15) is 5.69 Å². The molecular formula is C20H24N4O2. The molecule has 2 aromatic rings. The Hall–Kier alpha value is -2.63. The predicted octanol–water partition coefficient (Wildman–Crippen LogP) is 2.25. The average molecular weight is 352 g/mol. The highest BCUT2D eigenvalue weighted by atomic mass is 16.2. The maximum absolute atomic E-state index is 12.6. The minimum absolute atomic E-state index is 0.0157. The molecule has 2 aliphatic rings. The molecule has 1 aliphatic heterocycles. The van der Waals surface area contributed by atoms with Gasteiger partial charge in [0.15, 0.2) is 0 Å². The summed E-state index contributed by atoms with van der Waals surface area (Å²) in [5.41, 5.74) is 3.31. The van der Waals surface area contributed by atoms with Crippen LogP contribution in [0.25, 0.3) is 0 Å². The van der Waals surface area contributed by atoms with E-state index >= 15 is 0 Å². The Morgan fingerprint density at radius 1 is 1.27 bits per heavy atom. The summed E-state index contributed by atoms with van der Waals surface area (Å²) in [5.74, 6) is 0.547. The molecule has 0 radical (unpaired) electrons. The van der Waals surface area contributed by atoms with Gasteiger partial charge >= 0.3 is 0 Å². The van der Waals surface area contributed by atoms with E-state index in [1.165, 1.54) is 23.7 Å². The number of aryl methyl sites for hydroxylation is 1. The highest BCUT2D eigenvalue weighted by molar-refractivity contribution is 5.92. The van der Waals surface area contributed by atoms with Gasteiger partial charge in [0.05, 0.1) is 12.5 Å². The number of nitrogens with one attached hydrogen (secondary N) is 2. The van der Waals surface area contributed by atoms with E-state index in [2.05, 4.69) is 39.6 Å². The summed E-state index contributed by atoms with van der Waals surface area (Å²) in [4.78, 5) is 33.2. The zero-order valence-electron chi connectivity index (χ0n) is 14.8. The van der Waals surface area contributed by atoms with Crippen molar-refractivity contribution in [2.75, 3.05) is 13.1 Å². The van der Waals surface area contributed by atoms with Crippen molar-refractivity contribution >= 4 is 11.8 Å². The third kappa shape index (κ3) is 3.49. The van der Waals surface area contributed by atoms with E-state index in [-0.39, 0.29) is 17.9 Å². The fourth-order valence-corrected chi connectivity index (χ4v) is 4.15. The Bertz CT molecular complexity index is 787. The molecule has 4 rings (SSSR count). The van der Waals surface area contributed by atoms with Crippen LogP contribution in [-0.4, -0.2) is 45.8 Å². The average Bonchev–Trinajstić information content (AvgIpc) is 3.40. The molecule has 0 saturated carbocycles. The van der Waals surface area contributed by atoms with Crippen molar-refractivity contribution in [3.8, 4) is 0 Å². The van der Waals surface area contributed by atoms with E-state index in [4.69, 9.17) is 0 Å². The van der Waals surface area contributed by atoms with Gasteiger partial charge in [-0.15, -0.1) is 0 Å². The summed E-state index contributed by atoms with van der Waals surface area (Å²) in [6.45, 7) is 1.31. The van der Waals surface area contributed by atoms with Crippen LogP contribution in [0.1, 0.15) is 53.2 Å². The van der Waals surface area contributed by atoms with Crippen molar-refractivity contribution in [1.82, 2.24) is 20.2 Å². The Kier molecular flexibility index (Phi) is 4.73. The smallest absolute Gasteiger partial charge is 0.269 e. The van der Waals surface area contributed by atoms with Gasteiger partial charge in [0.25, 0.3) is 5.91 Å². The molecule has 136 valence electrons. The molecule has 0 bridgehead atoms. The van der Waals surface area contributed by atoms with Crippen LogP contribution in [0, 0.1) is 0 Å². The highest BCUT2D eigenvalue weighted by Crippen LogP contribution is 2.36. The van der Waals surface area contributed by atoms with Gasteiger partial charge in [-0.05, 0) is 42.7 Å². The first-order valence-electron chi connectivity index (χ1n) is 9.35. The van der Waals surface area contributed by atoms with Crippen molar-refractivity contribution in [2.24, 2.45) is 0 Å². The molecule has 2 amide bonds. The summed E-state index contributed by atoms with van der Waals surface area (Å²) < 4.78 is 0. The van der Waals surface area contributed by atoms with Crippen molar-refractivity contribution < 1.29 is 9.59 Å². The monoisotopic (exact) mass is 352 g/mol. The summed E-state index contributed by atoms with van der Waals surface area (Å²) in [7, 11) is 0. The van der Waals surface area contributed by atoms with Gasteiger partial charge in [-0.1, -0.05) is 24.3 Å². The van der Waals surface area contributed by atoms with E-state index in [0.717, 1.165) is 25.7 Å². The number of aromatic amines is 1. The maximum Gasteiger partial charge on any atom is 0.269 e. The van der Waals surface area contributed by atoms with Crippen molar-refractivity contribution in [3.63, 3.8) is 0 Å². The second kappa shape index (κ2) is 7.32. The van der Waals surface area contributed by atoms with Gasteiger partial charge in [-0.3, -0.25) is 9.59 Å². The minimum Gasteiger partial charge on any atom is -0.346 e. The predicted molar refractivity (Wildman–Crippen MR) is 97.8 cm³/mol. The van der Waals surface area contributed by atoms with Crippen LogP contribution in [0.2, 0.25) is 0 Å². The number of H-pyrrole nitrogens is 1. The lowest BCUT2D eigenvalue weighted by atomic mass is 9.96. The van der Waals surface area contributed by atoms with E-state index < -0.39 is 0 Å². The van der Waals surface area contributed by atoms with Crippen LogP contribution in [0.4, 0.5) is 0 Å². The number of carbonyl (C=O) groups excluding carboxylic acids is 2. The van der Waals surface area contributed by atoms with Crippen LogP contribution in [0.5, 0.6) is 0 Å². The fraction of sp³-hybridized carbons (Fsp3) is 0.450. The number of nitrogens with zero attached hydrogens (tertiary/aromatic N) is 2. The summed E-state index contributed by atoms with van der Waals surface area (Å²) in [6.07, 6.45) is 7.57. The molecule has 2 atom stereocenters. The Morgan fingerprint density at radius 2 is 2.15 bits per heavy atom. The first-order valence-corrected chi connectivity index (χ1v) is 9.35. The van der Waals surface area contributed by atoms with E-state index in [1.54, 1.807) is 0 Å². The summed E-state index contributed by atoms with van der Waals surface area (Å²) >= 11 is 0. The third-order valence-corrected chi connectivity index (χ3v) is 5.58. The van der Waals surface area contributed by atoms with Crippen LogP contribution < -0.4 is 5.32 Å². The number of amides is 2. The highest BCUT2D eigenvalue weighted by Gasteiger charge is 2.29. The molecule has 0 spiro atoms. The number of aromatic nitrogens is 2. The largest absolute Gasteiger partial charge is 0.346 e. The lowest BCUT2D eigenvalue weighted by Crippen LogP contribution is -2.38. The van der Waals surface area contributed by atoms with Crippen LogP contribution in [-0.2, 0) is 11.2 Å². The molecule has 1 aromatic heterocycles. The van der Waals surface area contributed by atoms with Gasteiger partial charge in [0.2, 0.25) is 5.91 Å². The molecule has 1 aromatic carbocycles. The molecule has 1 aliphatic carbocycles. The topological polar surface area (TPSA) is 78.1 Å². The number of hydrogen-bond donors (Lipinski definition) is 2. The van der Waals surface area contributed by atoms with Crippen LogP contribution in [0.3, 0.4) is 0 Å². The fourth-order valence-electron chi connectivity index (χ4n) is 4.15. The zero-order chi connectivity index (χ0) is 17.9. The van der Waals surface area contributed by atoms with Gasteiger partial charge in [0, 0.05) is 25.6 Å². The Labute approximate surface area is 153 Å². The molecule has 1 saturated heterocycles. The van der Waals surface area contributed by atoms with E-state index in [9.17, 15) is 9.59 Å². The third-order valence-electron chi connectivity index (χ3n) is 5.58. The number of carbonyl (C=O) groups is 2. The number of imidazole rings is 1. The van der Waals surface area contributed by atoms with E-state index in [0.29, 0.717) is 31.1 Å². The van der Waals surface area contributed by atoms with Gasteiger partial charge < -0.3 is 15.2 Å². The molecule has 2 N–H and O–H groups in total. The SMILES string of the molecule is O=C(N[C@@H]1CCN(C(=O)CCC2CCc3ccccc32)C1)c1cnc[nH]1. The first kappa shape index (κ1) is 16.8. The second-order valence-corrected chi connectivity index (χ2v) is 7.24. The molecule has 26 heavy (non-hydrogen) atoms.